The van der Waals surface area contributed by atoms with E-state index in [1.807, 2.05) is 14.7 Å². The molecule has 3 aromatic carbocycles. The summed E-state index contributed by atoms with van der Waals surface area (Å²) in [5.41, 5.74) is 8.53. The number of primary amides is 1. The van der Waals surface area contributed by atoms with E-state index < -0.39 is 29.6 Å². The molecule has 2 fully saturated rings. The summed E-state index contributed by atoms with van der Waals surface area (Å²) in [6.07, 6.45) is 0. The normalized spacial score (nSPS) is 18.0. The largest absolute Gasteiger partial charge is 0.472 e. The Bertz CT molecular complexity index is 1770. The quantitative estimate of drug-likeness (QED) is 0.323. The highest BCUT2D eigenvalue weighted by Crippen LogP contribution is 2.41. The first-order chi connectivity index (χ1) is 24.1. The number of methoxy groups -OCH3 is 2. The summed E-state index contributed by atoms with van der Waals surface area (Å²) in [5.74, 6) is -1.71. The average Bonchev–Trinajstić information content (AvgIpc) is 3.12. The third-order valence-electron chi connectivity index (χ3n) is 9.25. The van der Waals surface area contributed by atoms with E-state index in [4.69, 9.17) is 47.9 Å². The number of morpholine rings is 1. The molecule has 0 unspecified atom stereocenters. The first-order valence-electron chi connectivity index (χ1n) is 16.2. The van der Waals surface area contributed by atoms with E-state index in [0.717, 1.165) is 0 Å². The Labute approximate surface area is 299 Å². The van der Waals surface area contributed by atoms with Gasteiger partial charge in [0.25, 0.3) is 5.91 Å². The smallest absolute Gasteiger partial charge is 0.340 e. The second-order valence-electron chi connectivity index (χ2n) is 12.2. The molecule has 2 amide bonds. The van der Waals surface area contributed by atoms with Crippen LogP contribution in [0.1, 0.15) is 26.3 Å². The fraction of sp³-hybridized carbons (Fsp3) is 0.400. The molecule has 3 aliphatic heterocycles. The summed E-state index contributed by atoms with van der Waals surface area (Å²) < 4.78 is 37.4. The second kappa shape index (κ2) is 15.4. The number of benzene rings is 3. The molecular weight excluding hydrogens is 692 g/mol. The molecule has 266 valence electrons. The molecule has 50 heavy (non-hydrogen) atoms. The predicted octanol–water partition coefficient (Wildman–Crippen LogP) is 4.04. The number of hydrogen-bond acceptors (Lipinski definition) is 10. The van der Waals surface area contributed by atoms with Crippen LogP contribution in [0.5, 0.6) is 5.75 Å². The van der Waals surface area contributed by atoms with Gasteiger partial charge in [-0.15, -0.1) is 0 Å². The van der Waals surface area contributed by atoms with Crippen LogP contribution in [0.3, 0.4) is 0 Å². The van der Waals surface area contributed by atoms with Gasteiger partial charge < -0.3 is 39.4 Å². The van der Waals surface area contributed by atoms with Crippen molar-refractivity contribution in [2.75, 3.05) is 89.8 Å². The topological polar surface area (TPSA) is 127 Å². The molecule has 3 heterocycles. The molecule has 0 saturated carbocycles. The average molecular weight is 731 g/mol. The number of ether oxygens (including phenoxy) is 4. The zero-order chi connectivity index (χ0) is 35.5. The number of para-hydroxylation sites is 1. The maximum absolute atomic E-state index is 15.7. The number of halogens is 3. The fourth-order valence-corrected chi connectivity index (χ4v) is 7.27. The van der Waals surface area contributed by atoms with Gasteiger partial charge in [0.05, 0.1) is 60.3 Å². The Hall–Kier alpha value is -4.14. The van der Waals surface area contributed by atoms with Crippen molar-refractivity contribution in [1.29, 1.82) is 0 Å². The van der Waals surface area contributed by atoms with Crippen LogP contribution in [0, 0.1) is 5.82 Å². The van der Waals surface area contributed by atoms with Crippen molar-refractivity contribution >= 4 is 52.4 Å². The van der Waals surface area contributed by atoms with E-state index in [9.17, 15) is 14.4 Å². The van der Waals surface area contributed by atoms with E-state index in [0.29, 0.717) is 87.3 Å². The molecule has 15 heteroatoms. The minimum absolute atomic E-state index is 0.116. The van der Waals surface area contributed by atoms with Crippen LogP contribution in [0.25, 0.3) is 11.1 Å². The van der Waals surface area contributed by atoms with Crippen LogP contribution >= 0.6 is 23.2 Å². The fourth-order valence-electron chi connectivity index (χ4n) is 6.63. The molecule has 6 rings (SSSR count). The van der Waals surface area contributed by atoms with Gasteiger partial charge in [-0.05, 0) is 24.3 Å². The molecule has 0 aliphatic carbocycles. The van der Waals surface area contributed by atoms with Crippen molar-refractivity contribution < 1.29 is 37.7 Å². The third-order valence-corrected chi connectivity index (χ3v) is 9.85. The van der Waals surface area contributed by atoms with Gasteiger partial charge in [-0.3, -0.25) is 14.5 Å². The maximum Gasteiger partial charge on any atom is 0.340 e. The van der Waals surface area contributed by atoms with E-state index in [1.54, 1.807) is 43.5 Å². The number of rotatable bonds is 9. The molecule has 12 nitrogen and oxygen atoms in total. The number of nitrogens with two attached hydrogens (primary N) is 1. The number of amides is 2. The van der Waals surface area contributed by atoms with Gasteiger partial charge in [0, 0.05) is 68.8 Å². The van der Waals surface area contributed by atoms with Gasteiger partial charge in [0.1, 0.15) is 17.6 Å². The van der Waals surface area contributed by atoms with Crippen molar-refractivity contribution in [2.24, 2.45) is 5.73 Å². The van der Waals surface area contributed by atoms with E-state index >= 15 is 4.39 Å². The Kier molecular flexibility index (Phi) is 11.0. The van der Waals surface area contributed by atoms with Crippen LogP contribution < -0.4 is 20.3 Å². The van der Waals surface area contributed by atoms with Gasteiger partial charge in [0.2, 0.25) is 5.91 Å². The standard InChI is InChI=1S/C35H38Cl2FN5O7/c1-47-11-8-40-6-7-42(19-30(40)33(39)44)22-14-26(36)31(27(37)15-22)34(45)43-18-21-4-3-5-23(32(21)50-20-43)24-17-29(41-9-12-49-13-10-41)25(16-28(24)38)35(46)48-2/h3-5,14-17,30H,6-13,18-20H2,1-2H3,(H2,39,44)/t30-/m1/s1. The molecule has 2 N–H and O–H groups in total. The summed E-state index contributed by atoms with van der Waals surface area (Å²) in [4.78, 5) is 46.1. The minimum atomic E-state index is -0.641. The first-order valence-corrected chi connectivity index (χ1v) is 16.9. The van der Waals surface area contributed by atoms with Crippen molar-refractivity contribution in [2.45, 2.75) is 12.6 Å². The number of anilines is 2. The first kappa shape index (κ1) is 35.7. The minimum Gasteiger partial charge on any atom is -0.472 e. The highest BCUT2D eigenvalue weighted by molar-refractivity contribution is 6.40. The number of piperazine rings is 1. The lowest BCUT2D eigenvalue weighted by atomic mass is 9.97. The molecule has 3 aliphatic rings. The lowest BCUT2D eigenvalue weighted by Gasteiger charge is -2.41. The molecule has 3 aromatic rings. The number of esters is 1. The molecule has 1 atom stereocenters. The van der Waals surface area contributed by atoms with Crippen LogP contribution in [0.2, 0.25) is 10.0 Å². The van der Waals surface area contributed by atoms with Crippen LogP contribution in [0.4, 0.5) is 15.8 Å². The Morgan fingerprint density at radius 3 is 2.40 bits per heavy atom. The van der Waals surface area contributed by atoms with Crippen molar-refractivity contribution in [3.8, 4) is 16.9 Å². The number of carbonyl (C=O) groups is 3. The molecule has 0 bridgehead atoms. The van der Waals surface area contributed by atoms with Crippen molar-refractivity contribution in [3.05, 3.63) is 75.0 Å². The van der Waals surface area contributed by atoms with E-state index in [2.05, 4.69) is 0 Å². The lowest BCUT2D eigenvalue weighted by molar-refractivity contribution is -0.123. The van der Waals surface area contributed by atoms with Gasteiger partial charge in [0.15, 0.2) is 6.73 Å². The van der Waals surface area contributed by atoms with Crippen molar-refractivity contribution in [1.82, 2.24) is 9.80 Å². The number of carbonyl (C=O) groups excluding carboxylic acids is 3. The zero-order valence-electron chi connectivity index (χ0n) is 27.8. The van der Waals surface area contributed by atoms with E-state index in [1.165, 1.54) is 18.1 Å². The second-order valence-corrected chi connectivity index (χ2v) is 13.0. The highest BCUT2D eigenvalue weighted by Gasteiger charge is 2.33. The molecular formula is C35H38Cl2FN5O7. The van der Waals surface area contributed by atoms with Gasteiger partial charge >= 0.3 is 5.97 Å². The number of hydrogen-bond donors (Lipinski definition) is 1. The third kappa shape index (κ3) is 7.19. The lowest BCUT2D eigenvalue weighted by Crippen LogP contribution is -2.58. The van der Waals surface area contributed by atoms with Crippen LogP contribution in [0.15, 0.2) is 42.5 Å². The molecule has 2 saturated heterocycles. The van der Waals surface area contributed by atoms with E-state index in [-0.39, 0.29) is 40.0 Å². The Balaban J connectivity index is 1.23. The van der Waals surface area contributed by atoms with Gasteiger partial charge in [-0.25, -0.2) is 9.18 Å². The summed E-state index contributed by atoms with van der Waals surface area (Å²) in [6.45, 7) is 4.56. The van der Waals surface area contributed by atoms with Gasteiger partial charge in [-0.2, -0.15) is 0 Å². The summed E-state index contributed by atoms with van der Waals surface area (Å²) in [5, 5.41) is 0.302. The molecule has 0 aromatic heterocycles. The van der Waals surface area contributed by atoms with Crippen LogP contribution in [-0.4, -0.2) is 114 Å². The molecule has 0 spiro atoms. The Morgan fingerprint density at radius 1 is 0.980 bits per heavy atom. The van der Waals surface area contributed by atoms with Crippen molar-refractivity contribution in [3.63, 3.8) is 0 Å². The van der Waals surface area contributed by atoms with Crippen LogP contribution in [-0.2, 0) is 25.5 Å². The predicted molar refractivity (Wildman–Crippen MR) is 187 cm³/mol. The molecule has 0 radical (unpaired) electrons. The Morgan fingerprint density at radius 2 is 1.72 bits per heavy atom. The SMILES string of the molecule is COCCN1CCN(c2cc(Cl)c(C(=O)N3COc4c(cccc4-c4cc(N5CCOCC5)c(C(=O)OC)cc4F)C3)c(Cl)c2)C[C@@H]1C(N)=O. The summed E-state index contributed by atoms with van der Waals surface area (Å²) in [7, 11) is 2.86. The monoisotopic (exact) mass is 729 g/mol. The maximum atomic E-state index is 15.7. The summed E-state index contributed by atoms with van der Waals surface area (Å²) in [6, 6.07) is 10.9. The number of nitrogens with zero attached hydrogens (tertiary/aromatic N) is 4. The van der Waals surface area contributed by atoms with Gasteiger partial charge in [-0.1, -0.05) is 41.4 Å². The number of fused-ring (bicyclic) bond motifs is 1. The summed E-state index contributed by atoms with van der Waals surface area (Å²) >= 11 is 13.4. The highest BCUT2D eigenvalue weighted by atomic mass is 35.5. The zero-order valence-corrected chi connectivity index (χ0v) is 29.3.